The van der Waals surface area contributed by atoms with Crippen molar-refractivity contribution in [3.8, 4) is 17.0 Å². The molecule has 82 valence electrons. The third-order valence-electron chi connectivity index (χ3n) is 2.90. The molecule has 1 aromatic heterocycles. The average molecular weight is 232 g/mol. The van der Waals surface area contributed by atoms with Gasteiger partial charge < -0.3 is 10.1 Å². The maximum atomic E-state index is 5.37. The van der Waals surface area contributed by atoms with Crippen LogP contribution in [0.5, 0.6) is 5.75 Å². The predicted molar refractivity (Wildman–Crippen MR) is 66.2 cm³/mol. The molecule has 2 heterocycles. The summed E-state index contributed by atoms with van der Waals surface area (Å²) >= 11 is 1.70. The molecule has 1 aliphatic rings. The van der Waals surface area contributed by atoms with Crippen LogP contribution in [-0.2, 0) is 6.54 Å². The van der Waals surface area contributed by atoms with Crippen LogP contribution in [0.4, 0.5) is 5.69 Å². The highest BCUT2D eigenvalue weighted by Gasteiger charge is 2.22. The Hall–Kier alpha value is -1.55. The van der Waals surface area contributed by atoms with Crippen LogP contribution in [0.2, 0.25) is 0 Å². The molecule has 0 radical (unpaired) electrons. The molecule has 0 bridgehead atoms. The largest absolute Gasteiger partial charge is 0.495 e. The second-order valence-corrected chi connectivity index (χ2v) is 4.75. The fraction of sp³-hybridized carbons (Fsp3) is 0.250. The van der Waals surface area contributed by atoms with Gasteiger partial charge in [-0.25, -0.2) is 4.98 Å². The lowest BCUT2D eigenvalue weighted by Gasteiger charge is -2.21. The summed E-state index contributed by atoms with van der Waals surface area (Å²) in [5.41, 5.74) is 6.49. The molecule has 2 aromatic rings. The van der Waals surface area contributed by atoms with E-state index in [1.54, 1.807) is 18.4 Å². The number of aryl methyl sites for hydroxylation is 1. The minimum atomic E-state index is 0.840. The molecule has 4 heteroatoms. The van der Waals surface area contributed by atoms with Crippen LogP contribution in [0.15, 0.2) is 17.6 Å². The quantitative estimate of drug-likeness (QED) is 0.820. The number of ether oxygens (including phenoxy) is 1. The van der Waals surface area contributed by atoms with Gasteiger partial charge in [0.1, 0.15) is 5.75 Å². The standard InChI is InChI=1S/C12H12N2OS/c1-7-3-4-8(15-2)11-10(7)12-9(5-13-11)16-6-14-12/h3-4,6,13H,5H2,1-2H3. The lowest BCUT2D eigenvalue weighted by molar-refractivity contribution is 0.416. The number of nitrogens with one attached hydrogen (secondary N) is 1. The Morgan fingerprint density at radius 1 is 1.44 bits per heavy atom. The van der Waals surface area contributed by atoms with Crippen LogP contribution in [-0.4, -0.2) is 12.1 Å². The summed E-state index contributed by atoms with van der Waals surface area (Å²) in [5.74, 6) is 0.888. The molecule has 0 spiro atoms. The van der Waals surface area contributed by atoms with Crippen LogP contribution < -0.4 is 10.1 Å². The van der Waals surface area contributed by atoms with Gasteiger partial charge in [-0.1, -0.05) is 6.07 Å². The second-order valence-electron chi connectivity index (χ2n) is 3.81. The summed E-state index contributed by atoms with van der Waals surface area (Å²) in [6, 6.07) is 4.08. The molecule has 0 saturated heterocycles. The SMILES string of the molecule is COc1ccc(C)c2c1NCc1scnc1-2. The van der Waals surface area contributed by atoms with Crippen molar-refractivity contribution in [2.24, 2.45) is 0 Å². The van der Waals surface area contributed by atoms with Crippen molar-refractivity contribution in [3.05, 3.63) is 28.1 Å². The van der Waals surface area contributed by atoms with E-state index >= 15 is 0 Å². The van der Waals surface area contributed by atoms with Gasteiger partial charge in [-0.15, -0.1) is 11.3 Å². The molecule has 16 heavy (non-hydrogen) atoms. The Bertz CT molecular complexity index is 548. The van der Waals surface area contributed by atoms with Crippen molar-refractivity contribution >= 4 is 17.0 Å². The summed E-state index contributed by atoms with van der Waals surface area (Å²) in [4.78, 5) is 5.75. The molecule has 0 unspecified atom stereocenters. The topological polar surface area (TPSA) is 34.1 Å². The lowest BCUT2D eigenvalue weighted by atomic mass is 9.99. The molecule has 3 rings (SSSR count). The van der Waals surface area contributed by atoms with Gasteiger partial charge in [0.25, 0.3) is 0 Å². The van der Waals surface area contributed by atoms with Gasteiger partial charge in [0.15, 0.2) is 0 Å². The molecule has 3 nitrogen and oxygen atoms in total. The molecule has 1 N–H and O–H groups in total. The molecular formula is C12H12N2OS. The Balaban J connectivity index is 2.31. The monoisotopic (exact) mass is 232 g/mol. The van der Waals surface area contributed by atoms with Crippen LogP contribution in [0.1, 0.15) is 10.4 Å². The summed E-state index contributed by atoms with van der Waals surface area (Å²) in [5, 5.41) is 3.41. The first-order valence-electron chi connectivity index (χ1n) is 5.15. The van der Waals surface area contributed by atoms with E-state index in [1.807, 2.05) is 11.6 Å². The van der Waals surface area contributed by atoms with E-state index in [9.17, 15) is 0 Å². The van der Waals surface area contributed by atoms with E-state index in [2.05, 4.69) is 23.3 Å². The molecule has 1 aliphatic heterocycles. The number of nitrogens with zero attached hydrogens (tertiary/aromatic N) is 1. The zero-order valence-corrected chi connectivity index (χ0v) is 10.0. The molecule has 0 amide bonds. The van der Waals surface area contributed by atoms with E-state index in [0.29, 0.717) is 0 Å². The van der Waals surface area contributed by atoms with Crippen molar-refractivity contribution in [1.29, 1.82) is 0 Å². The smallest absolute Gasteiger partial charge is 0.142 e. The number of thiazole rings is 1. The van der Waals surface area contributed by atoms with Gasteiger partial charge in [-0.2, -0.15) is 0 Å². The highest BCUT2D eigenvalue weighted by molar-refractivity contribution is 7.10. The summed E-state index contributed by atoms with van der Waals surface area (Å²) in [7, 11) is 1.70. The first kappa shape index (κ1) is 9.66. The predicted octanol–water partition coefficient (Wildman–Crippen LogP) is 3.05. The third-order valence-corrected chi connectivity index (χ3v) is 3.73. The molecule has 0 fully saturated rings. The maximum absolute atomic E-state index is 5.37. The van der Waals surface area contributed by atoms with E-state index in [0.717, 1.165) is 23.7 Å². The average Bonchev–Trinajstić information content (AvgIpc) is 2.77. The summed E-state index contributed by atoms with van der Waals surface area (Å²) < 4.78 is 5.37. The molecular weight excluding hydrogens is 220 g/mol. The molecule has 0 saturated carbocycles. The number of aromatic nitrogens is 1. The number of methoxy groups -OCH3 is 1. The van der Waals surface area contributed by atoms with Crippen LogP contribution in [0, 0.1) is 6.92 Å². The fourth-order valence-electron chi connectivity index (χ4n) is 2.11. The van der Waals surface area contributed by atoms with Crippen LogP contribution in [0.25, 0.3) is 11.3 Å². The number of anilines is 1. The van der Waals surface area contributed by atoms with E-state index in [4.69, 9.17) is 4.74 Å². The first-order valence-corrected chi connectivity index (χ1v) is 6.03. The summed E-state index contributed by atoms with van der Waals surface area (Å²) in [6.07, 6.45) is 0. The van der Waals surface area contributed by atoms with Crippen molar-refractivity contribution in [2.45, 2.75) is 13.5 Å². The minimum Gasteiger partial charge on any atom is -0.495 e. The number of benzene rings is 1. The number of hydrogen-bond donors (Lipinski definition) is 1. The van der Waals surface area contributed by atoms with Gasteiger partial charge in [0.2, 0.25) is 0 Å². The highest BCUT2D eigenvalue weighted by Crippen LogP contribution is 2.43. The van der Waals surface area contributed by atoms with Gasteiger partial charge in [0, 0.05) is 5.56 Å². The fourth-order valence-corrected chi connectivity index (χ4v) is 2.81. The van der Waals surface area contributed by atoms with E-state index in [-0.39, 0.29) is 0 Å². The van der Waals surface area contributed by atoms with Crippen molar-refractivity contribution < 1.29 is 4.74 Å². The molecule has 0 atom stereocenters. The van der Waals surface area contributed by atoms with E-state index < -0.39 is 0 Å². The van der Waals surface area contributed by atoms with E-state index in [1.165, 1.54) is 16.0 Å². The Kier molecular flexibility index (Phi) is 2.11. The van der Waals surface area contributed by atoms with Gasteiger partial charge in [-0.05, 0) is 18.6 Å². The Morgan fingerprint density at radius 2 is 2.31 bits per heavy atom. The Morgan fingerprint density at radius 3 is 3.12 bits per heavy atom. The van der Waals surface area contributed by atoms with Crippen molar-refractivity contribution in [3.63, 3.8) is 0 Å². The minimum absolute atomic E-state index is 0.840. The third kappa shape index (κ3) is 1.23. The highest BCUT2D eigenvalue weighted by atomic mass is 32.1. The zero-order valence-electron chi connectivity index (χ0n) is 9.20. The zero-order chi connectivity index (χ0) is 11.1. The summed E-state index contributed by atoms with van der Waals surface area (Å²) in [6.45, 7) is 2.95. The molecule has 0 aliphatic carbocycles. The number of rotatable bonds is 1. The number of fused-ring (bicyclic) bond motifs is 3. The lowest BCUT2D eigenvalue weighted by Crippen LogP contribution is -2.09. The normalized spacial score (nSPS) is 12.6. The van der Waals surface area contributed by atoms with Gasteiger partial charge in [-0.3, -0.25) is 0 Å². The Labute approximate surface area is 98.1 Å². The second kappa shape index (κ2) is 3.49. The van der Waals surface area contributed by atoms with Crippen molar-refractivity contribution in [2.75, 3.05) is 12.4 Å². The maximum Gasteiger partial charge on any atom is 0.142 e. The molecule has 1 aromatic carbocycles. The van der Waals surface area contributed by atoms with Gasteiger partial charge >= 0.3 is 0 Å². The van der Waals surface area contributed by atoms with Gasteiger partial charge in [0.05, 0.1) is 35.4 Å². The number of hydrogen-bond acceptors (Lipinski definition) is 4. The van der Waals surface area contributed by atoms with Crippen LogP contribution in [0.3, 0.4) is 0 Å². The van der Waals surface area contributed by atoms with Crippen LogP contribution >= 0.6 is 11.3 Å². The van der Waals surface area contributed by atoms with Crippen molar-refractivity contribution in [1.82, 2.24) is 4.98 Å². The first-order chi connectivity index (χ1) is 7.81.